The molecule has 202 valence electrons. The van der Waals surface area contributed by atoms with Gasteiger partial charge in [-0.2, -0.15) is 0 Å². The van der Waals surface area contributed by atoms with Crippen LogP contribution in [-0.2, 0) is 20.7 Å². The number of aryl methyl sites for hydroxylation is 1. The lowest BCUT2D eigenvalue weighted by molar-refractivity contribution is -0.128. The average Bonchev–Trinajstić information content (AvgIpc) is 3.44. The molecule has 3 heterocycles. The zero-order valence-electron chi connectivity index (χ0n) is 21.0. The fourth-order valence-electron chi connectivity index (χ4n) is 4.48. The molecule has 0 aliphatic carbocycles. The highest BCUT2D eigenvalue weighted by Crippen LogP contribution is 2.24. The van der Waals surface area contributed by atoms with Gasteiger partial charge >= 0.3 is 6.09 Å². The fourth-order valence-corrected chi connectivity index (χ4v) is 4.48. The third-order valence-electron chi connectivity index (χ3n) is 6.60. The van der Waals surface area contributed by atoms with E-state index < -0.39 is 47.8 Å². The minimum Gasteiger partial charge on any atom is -0.435 e. The van der Waals surface area contributed by atoms with Crippen molar-refractivity contribution in [2.45, 2.75) is 50.8 Å². The Bertz CT molecular complexity index is 1230. The van der Waals surface area contributed by atoms with Gasteiger partial charge in [-0.25, -0.2) is 9.18 Å². The van der Waals surface area contributed by atoms with E-state index in [0.29, 0.717) is 24.3 Å². The smallest absolute Gasteiger partial charge is 0.415 e. The van der Waals surface area contributed by atoms with Crippen molar-refractivity contribution in [2.75, 3.05) is 13.6 Å². The topological polar surface area (TPSA) is 167 Å². The van der Waals surface area contributed by atoms with Crippen molar-refractivity contribution in [1.29, 1.82) is 5.41 Å². The number of carbonyl (C=O) groups excluding carboxylic acids is 4. The first kappa shape index (κ1) is 26.8. The average molecular weight is 529 g/mol. The number of halogens is 1. The second-order valence-corrected chi connectivity index (χ2v) is 9.41. The van der Waals surface area contributed by atoms with E-state index in [1.54, 1.807) is 6.92 Å². The number of likely N-dealkylation sites (N-methyl/N-ethyl adjacent to an activating group) is 1. The van der Waals surface area contributed by atoms with Crippen LogP contribution in [0.25, 0.3) is 0 Å². The summed E-state index contributed by atoms with van der Waals surface area (Å²) in [5.74, 6) is -2.14. The number of hydrogen-bond donors (Lipinski definition) is 4. The lowest BCUT2D eigenvalue weighted by Crippen LogP contribution is -2.56. The quantitative estimate of drug-likeness (QED) is 0.380. The van der Waals surface area contributed by atoms with Crippen LogP contribution in [0.15, 0.2) is 34.9 Å². The van der Waals surface area contributed by atoms with Gasteiger partial charge in [-0.1, -0.05) is 17.3 Å². The molecule has 2 aliphatic heterocycles. The van der Waals surface area contributed by atoms with E-state index in [4.69, 9.17) is 14.7 Å². The number of piperidine rings is 1. The number of cyclic esters (lactones) is 1. The van der Waals surface area contributed by atoms with Crippen LogP contribution in [-0.4, -0.2) is 71.5 Å². The van der Waals surface area contributed by atoms with Crippen molar-refractivity contribution in [1.82, 2.24) is 26.0 Å². The van der Waals surface area contributed by atoms with Crippen LogP contribution in [0.1, 0.15) is 41.1 Å². The summed E-state index contributed by atoms with van der Waals surface area (Å²) in [6.07, 6.45) is -0.419. The standard InChI is InChI=1S/C25H29FN6O6/c1-13-10-19(31-38-13)24(35)30-18(11-14-5-7-16(26)8-6-14)23(34)29-17(12-15-4-3-9-28-22(15)33)20-21(27)32(2)25(36)37-20/h5-8,10,15,17-18,20,27H,3-4,9,11-12H2,1-2H3,(H,28,33)(H,29,34)(H,30,35)/t15-,17-,18-,20+/m0/s1. The van der Waals surface area contributed by atoms with Gasteiger partial charge in [0.05, 0.1) is 6.04 Å². The molecule has 4 N–H and O–H groups in total. The highest BCUT2D eigenvalue weighted by molar-refractivity contribution is 6.02. The SMILES string of the molecule is Cc1cc(C(=O)N[C@@H](Cc2ccc(F)cc2)C(=O)N[C@@H](C[C@@H]2CCCNC2=O)[C@H]2OC(=O)N(C)C2=N)no1. The second kappa shape index (κ2) is 11.4. The number of carbonyl (C=O) groups is 4. The van der Waals surface area contributed by atoms with E-state index in [1.807, 2.05) is 0 Å². The lowest BCUT2D eigenvalue weighted by Gasteiger charge is -2.30. The van der Waals surface area contributed by atoms with Crippen LogP contribution in [0.5, 0.6) is 0 Å². The summed E-state index contributed by atoms with van der Waals surface area (Å²) in [4.78, 5) is 52.0. The summed E-state index contributed by atoms with van der Waals surface area (Å²) >= 11 is 0. The molecule has 2 fully saturated rings. The van der Waals surface area contributed by atoms with Crippen molar-refractivity contribution in [3.05, 3.63) is 53.2 Å². The molecule has 2 aromatic rings. The number of nitrogens with one attached hydrogen (secondary N) is 4. The van der Waals surface area contributed by atoms with Gasteiger partial charge in [0, 0.05) is 32.0 Å². The van der Waals surface area contributed by atoms with Crippen molar-refractivity contribution in [2.24, 2.45) is 5.92 Å². The highest BCUT2D eigenvalue weighted by Gasteiger charge is 2.43. The van der Waals surface area contributed by atoms with E-state index in [9.17, 15) is 23.6 Å². The number of ether oxygens (including phenoxy) is 1. The molecule has 1 aromatic carbocycles. The summed E-state index contributed by atoms with van der Waals surface area (Å²) in [7, 11) is 1.38. The molecule has 0 saturated carbocycles. The number of nitrogens with zero attached hydrogens (tertiary/aromatic N) is 2. The first-order chi connectivity index (χ1) is 18.1. The van der Waals surface area contributed by atoms with E-state index in [0.717, 1.165) is 11.3 Å². The zero-order chi connectivity index (χ0) is 27.4. The van der Waals surface area contributed by atoms with Gasteiger partial charge in [0.15, 0.2) is 11.8 Å². The third-order valence-corrected chi connectivity index (χ3v) is 6.60. The van der Waals surface area contributed by atoms with Crippen LogP contribution in [0.3, 0.4) is 0 Å². The Morgan fingerprint density at radius 2 is 2.00 bits per heavy atom. The predicted molar refractivity (Wildman–Crippen MR) is 131 cm³/mol. The van der Waals surface area contributed by atoms with Gasteiger partial charge < -0.3 is 25.2 Å². The van der Waals surface area contributed by atoms with Crippen LogP contribution in [0.2, 0.25) is 0 Å². The van der Waals surface area contributed by atoms with Gasteiger partial charge in [0.25, 0.3) is 5.91 Å². The van der Waals surface area contributed by atoms with Crippen LogP contribution < -0.4 is 16.0 Å². The van der Waals surface area contributed by atoms with E-state index in [-0.39, 0.29) is 30.3 Å². The Morgan fingerprint density at radius 3 is 2.61 bits per heavy atom. The summed E-state index contributed by atoms with van der Waals surface area (Å²) in [6, 6.07) is 4.84. The number of amidine groups is 1. The van der Waals surface area contributed by atoms with Crippen molar-refractivity contribution in [3.8, 4) is 0 Å². The molecule has 4 atom stereocenters. The molecule has 1 aromatic heterocycles. The number of aromatic nitrogens is 1. The van der Waals surface area contributed by atoms with Crippen molar-refractivity contribution < 1.29 is 32.8 Å². The molecule has 2 aliphatic rings. The summed E-state index contributed by atoms with van der Waals surface area (Å²) in [6.45, 7) is 2.17. The minimum absolute atomic E-state index is 0.00707. The first-order valence-electron chi connectivity index (χ1n) is 12.2. The zero-order valence-corrected chi connectivity index (χ0v) is 21.0. The lowest BCUT2D eigenvalue weighted by atomic mass is 9.89. The predicted octanol–water partition coefficient (Wildman–Crippen LogP) is 1.29. The fraction of sp³-hybridized carbons (Fsp3) is 0.440. The van der Waals surface area contributed by atoms with Crippen molar-refractivity contribution in [3.63, 3.8) is 0 Å². The monoisotopic (exact) mass is 528 g/mol. The molecule has 4 amide bonds. The van der Waals surface area contributed by atoms with Gasteiger partial charge in [-0.3, -0.25) is 24.7 Å². The number of benzene rings is 1. The molecule has 0 bridgehead atoms. The summed E-state index contributed by atoms with van der Waals surface area (Å²) < 4.78 is 23.8. The normalized spacial score (nSPS) is 20.9. The van der Waals surface area contributed by atoms with Gasteiger partial charge in [-0.15, -0.1) is 0 Å². The van der Waals surface area contributed by atoms with Gasteiger partial charge in [-0.05, 0) is 43.9 Å². The molecule has 38 heavy (non-hydrogen) atoms. The third kappa shape index (κ3) is 6.15. The molecule has 0 radical (unpaired) electrons. The maximum Gasteiger partial charge on any atom is 0.415 e. The summed E-state index contributed by atoms with van der Waals surface area (Å²) in [5, 5.41) is 20.2. The highest BCUT2D eigenvalue weighted by atomic mass is 19.1. The largest absolute Gasteiger partial charge is 0.435 e. The molecule has 4 rings (SSSR count). The number of rotatable bonds is 9. The number of hydrogen-bond acceptors (Lipinski definition) is 8. The van der Waals surface area contributed by atoms with E-state index in [1.165, 1.54) is 37.4 Å². The van der Waals surface area contributed by atoms with Crippen LogP contribution in [0, 0.1) is 24.1 Å². The Labute approximate surface area is 217 Å². The Morgan fingerprint density at radius 1 is 1.26 bits per heavy atom. The van der Waals surface area contributed by atoms with Crippen molar-refractivity contribution >= 4 is 29.7 Å². The van der Waals surface area contributed by atoms with Crippen LogP contribution >= 0.6 is 0 Å². The molecule has 0 spiro atoms. The van der Waals surface area contributed by atoms with Crippen LogP contribution in [0.4, 0.5) is 9.18 Å². The molecule has 13 heteroatoms. The minimum atomic E-state index is -1.14. The maximum absolute atomic E-state index is 13.6. The maximum atomic E-state index is 13.6. The van der Waals surface area contributed by atoms with E-state index >= 15 is 0 Å². The van der Waals surface area contributed by atoms with Gasteiger partial charge in [0.2, 0.25) is 11.8 Å². The molecule has 0 unspecified atom stereocenters. The van der Waals surface area contributed by atoms with Gasteiger partial charge in [0.1, 0.15) is 23.5 Å². The molecular formula is C25H29FN6O6. The molecule has 2 saturated heterocycles. The molecular weight excluding hydrogens is 499 g/mol. The van der Waals surface area contributed by atoms with E-state index in [2.05, 4.69) is 21.1 Å². The Kier molecular flexibility index (Phi) is 8.03. The Balaban J connectivity index is 1.57. The summed E-state index contributed by atoms with van der Waals surface area (Å²) in [5.41, 5.74) is 0.550. The first-order valence-corrected chi connectivity index (χ1v) is 12.2. The second-order valence-electron chi connectivity index (χ2n) is 9.41. The number of amides is 4. The Hall–Kier alpha value is -4.29. The molecule has 12 nitrogen and oxygen atoms in total.